The lowest BCUT2D eigenvalue weighted by atomic mass is 10.1. The second kappa shape index (κ2) is 4.73. The van der Waals surface area contributed by atoms with Crippen LogP contribution < -0.4 is 0 Å². The minimum absolute atomic E-state index is 0.0973. The first-order valence-corrected chi connectivity index (χ1v) is 7.62. The van der Waals surface area contributed by atoms with E-state index in [2.05, 4.69) is 0 Å². The Morgan fingerprint density at radius 1 is 0.941 bits per heavy atom. The molecule has 0 spiro atoms. The quantitative estimate of drug-likeness (QED) is 0.793. The molecule has 0 fully saturated rings. The monoisotopic (exact) mass is 280 g/mol. The van der Waals surface area contributed by atoms with Gasteiger partial charge in [0.15, 0.2) is 0 Å². The van der Waals surface area contributed by atoms with Gasteiger partial charge in [-0.15, -0.1) is 0 Å². The molecule has 1 aromatic rings. The van der Waals surface area contributed by atoms with Crippen LogP contribution in [0.1, 0.15) is 17.7 Å². The molecule has 6 nitrogen and oxygen atoms in total. The molecule has 0 saturated heterocycles. The van der Waals surface area contributed by atoms with Gasteiger partial charge in [0, 0.05) is 0 Å². The van der Waals surface area contributed by atoms with Crippen molar-refractivity contribution in [1.29, 1.82) is 0 Å². The summed E-state index contributed by atoms with van der Waals surface area (Å²) in [7, 11) is -9.21. The highest BCUT2D eigenvalue weighted by Gasteiger charge is 2.37. The minimum atomic E-state index is -4.64. The van der Waals surface area contributed by atoms with Gasteiger partial charge in [0.1, 0.15) is 10.5 Å². The van der Waals surface area contributed by atoms with Crippen LogP contribution in [-0.2, 0) is 20.2 Å². The van der Waals surface area contributed by atoms with Gasteiger partial charge in [-0.25, -0.2) is 0 Å². The van der Waals surface area contributed by atoms with E-state index in [0.717, 1.165) is 6.92 Å². The summed E-state index contributed by atoms with van der Waals surface area (Å²) in [5.41, 5.74) is 0.0973. The Hall–Kier alpha value is -0.960. The SMILES string of the molecule is CC(C(c1ccccc1)S(=O)(=O)O)S(=O)(=O)O. The van der Waals surface area contributed by atoms with Crippen LogP contribution in [0.3, 0.4) is 0 Å². The fourth-order valence-electron chi connectivity index (χ4n) is 1.48. The summed E-state index contributed by atoms with van der Waals surface area (Å²) >= 11 is 0. The number of benzene rings is 1. The average molecular weight is 280 g/mol. The molecule has 0 aliphatic carbocycles. The molecular formula is C9H12O6S2. The highest BCUT2D eigenvalue weighted by Crippen LogP contribution is 2.28. The molecular weight excluding hydrogens is 268 g/mol. The van der Waals surface area contributed by atoms with Crippen molar-refractivity contribution in [2.75, 3.05) is 0 Å². The van der Waals surface area contributed by atoms with Crippen LogP contribution in [-0.4, -0.2) is 31.2 Å². The van der Waals surface area contributed by atoms with Gasteiger partial charge in [-0.2, -0.15) is 16.8 Å². The third kappa shape index (κ3) is 3.50. The van der Waals surface area contributed by atoms with E-state index in [-0.39, 0.29) is 5.56 Å². The first-order valence-electron chi connectivity index (χ1n) is 4.61. The maximum atomic E-state index is 11.2. The van der Waals surface area contributed by atoms with Gasteiger partial charge in [-0.3, -0.25) is 9.11 Å². The molecule has 0 aliphatic rings. The van der Waals surface area contributed by atoms with Gasteiger partial charge in [0.25, 0.3) is 20.2 Å². The second-order valence-corrected chi connectivity index (χ2v) is 6.88. The summed E-state index contributed by atoms with van der Waals surface area (Å²) in [5, 5.41) is -3.36. The number of rotatable bonds is 4. The lowest BCUT2D eigenvalue weighted by Gasteiger charge is -2.19. The Morgan fingerprint density at radius 3 is 1.76 bits per heavy atom. The summed E-state index contributed by atoms with van der Waals surface area (Å²) in [4.78, 5) is 0. The maximum Gasteiger partial charge on any atom is 0.273 e. The first-order chi connectivity index (χ1) is 7.64. The molecule has 1 aromatic carbocycles. The zero-order valence-electron chi connectivity index (χ0n) is 8.89. The summed E-state index contributed by atoms with van der Waals surface area (Å²) < 4.78 is 62.3. The predicted octanol–water partition coefficient (Wildman–Crippen LogP) is 0.892. The van der Waals surface area contributed by atoms with E-state index in [1.54, 1.807) is 6.07 Å². The molecule has 17 heavy (non-hydrogen) atoms. The number of hydrogen-bond donors (Lipinski definition) is 2. The average Bonchev–Trinajstić information content (AvgIpc) is 2.15. The van der Waals surface area contributed by atoms with Crippen LogP contribution in [0.15, 0.2) is 30.3 Å². The smallest absolute Gasteiger partial charge is 0.273 e. The molecule has 0 radical (unpaired) electrons. The standard InChI is InChI=1S/C9H12O6S2/c1-7(16(10,11)12)9(17(13,14)15)8-5-3-2-4-6-8/h2-7,9H,1H3,(H,10,11,12)(H,13,14,15). The van der Waals surface area contributed by atoms with Gasteiger partial charge < -0.3 is 0 Å². The molecule has 1 rings (SSSR count). The van der Waals surface area contributed by atoms with E-state index < -0.39 is 30.7 Å². The summed E-state index contributed by atoms with van der Waals surface area (Å²) in [5.74, 6) is 0. The van der Waals surface area contributed by atoms with E-state index >= 15 is 0 Å². The molecule has 96 valence electrons. The Kier molecular flexibility index (Phi) is 3.92. The fourth-order valence-corrected chi connectivity index (χ4v) is 3.78. The third-order valence-electron chi connectivity index (χ3n) is 2.35. The predicted molar refractivity (Wildman–Crippen MR) is 61.7 cm³/mol. The van der Waals surface area contributed by atoms with Crippen molar-refractivity contribution >= 4 is 20.2 Å². The Balaban J connectivity index is 3.35. The molecule has 2 unspecified atom stereocenters. The van der Waals surface area contributed by atoms with Crippen LogP contribution in [0.25, 0.3) is 0 Å². The molecule has 2 N–H and O–H groups in total. The van der Waals surface area contributed by atoms with E-state index in [4.69, 9.17) is 9.11 Å². The minimum Gasteiger partial charge on any atom is -0.285 e. The Labute approximate surface area is 99.8 Å². The van der Waals surface area contributed by atoms with Crippen LogP contribution in [0, 0.1) is 0 Å². The summed E-state index contributed by atoms with van der Waals surface area (Å²) in [6.45, 7) is 1.01. The van der Waals surface area contributed by atoms with Crippen LogP contribution in [0.4, 0.5) is 0 Å². The lowest BCUT2D eigenvalue weighted by molar-refractivity contribution is 0.444. The highest BCUT2D eigenvalue weighted by molar-refractivity contribution is 7.90. The Bertz CT molecular complexity index is 575. The van der Waals surface area contributed by atoms with E-state index in [1.165, 1.54) is 24.3 Å². The van der Waals surface area contributed by atoms with Gasteiger partial charge in [-0.05, 0) is 12.5 Å². The van der Waals surface area contributed by atoms with Crippen LogP contribution in [0.5, 0.6) is 0 Å². The molecule has 0 heterocycles. The van der Waals surface area contributed by atoms with Gasteiger partial charge in [0.05, 0.1) is 0 Å². The van der Waals surface area contributed by atoms with Crippen LogP contribution in [0.2, 0.25) is 0 Å². The van der Waals surface area contributed by atoms with Crippen molar-refractivity contribution in [3.63, 3.8) is 0 Å². The van der Waals surface area contributed by atoms with Crippen molar-refractivity contribution in [1.82, 2.24) is 0 Å². The molecule has 0 amide bonds. The fraction of sp³-hybridized carbons (Fsp3) is 0.333. The zero-order chi connectivity index (χ0) is 13.3. The number of hydrogen-bond acceptors (Lipinski definition) is 4. The maximum absolute atomic E-state index is 11.2. The van der Waals surface area contributed by atoms with Gasteiger partial charge in [-0.1, -0.05) is 30.3 Å². The lowest BCUT2D eigenvalue weighted by Crippen LogP contribution is -2.30. The second-order valence-electron chi connectivity index (χ2n) is 3.57. The third-order valence-corrected chi connectivity index (χ3v) is 5.05. The topological polar surface area (TPSA) is 109 Å². The molecule has 0 saturated carbocycles. The van der Waals surface area contributed by atoms with Crippen molar-refractivity contribution in [2.24, 2.45) is 0 Å². The molecule has 0 bridgehead atoms. The van der Waals surface area contributed by atoms with Crippen molar-refractivity contribution in [2.45, 2.75) is 17.4 Å². The summed E-state index contributed by atoms with van der Waals surface area (Å²) in [6, 6.07) is 7.34. The molecule has 2 atom stereocenters. The Morgan fingerprint density at radius 2 is 1.41 bits per heavy atom. The van der Waals surface area contributed by atoms with Crippen LogP contribution >= 0.6 is 0 Å². The van der Waals surface area contributed by atoms with E-state index in [0.29, 0.717) is 0 Å². The van der Waals surface area contributed by atoms with Gasteiger partial charge >= 0.3 is 0 Å². The first kappa shape index (κ1) is 14.1. The highest BCUT2D eigenvalue weighted by atomic mass is 32.2. The molecule has 8 heteroatoms. The summed E-state index contributed by atoms with van der Waals surface area (Å²) in [6.07, 6.45) is 0. The van der Waals surface area contributed by atoms with Gasteiger partial charge in [0.2, 0.25) is 0 Å². The van der Waals surface area contributed by atoms with Crippen molar-refractivity contribution < 1.29 is 25.9 Å². The van der Waals surface area contributed by atoms with Crippen molar-refractivity contribution in [3.05, 3.63) is 35.9 Å². The van der Waals surface area contributed by atoms with E-state index in [1.807, 2.05) is 0 Å². The molecule has 0 aliphatic heterocycles. The largest absolute Gasteiger partial charge is 0.285 e. The zero-order valence-corrected chi connectivity index (χ0v) is 10.5. The normalized spacial score (nSPS) is 16.4. The van der Waals surface area contributed by atoms with E-state index in [9.17, 15) is 16.8 Å². The van der Waals surface area contributed by atoms with Crippen molar-refractivity contribution in [3.8, 4) is 0 Å². The molecule has 0 aromatic heterocycles.